The predicted molar refractivity (Wildman–Crippen MR) is 107 cm³/mol. The maximum atomic E-state index is 12.0. The third-order valence-corrected chi connectivity index (χ3v) is 4.27. The number of phenolic OH excluding ortho intramolecular Hbond substituents is 1. The van der Waals surface area contributed by atoms with Crippen LogP contribution in [0.1, 0.15) is 12.0 Å². The third kappa shape index (κ3) is 5.35. The van der Waals surface area contributed by atoms with Crippen LogP contribution in [0, 0.1) is 0 Å². The monoisotopic (exact) mass is 361 g/mol. The molecule has 0 unspecified atom stereocenters. The van der Waals surface area contributed by atoms with Crippen LogP contribution in [0.5, 0.6) is 11.5 Å². The van der Waals surface area contributed by atoms with Crippen molar-refractivity contribution in [3.05, 3.63) is 84.4 Å². The smallest absolute Gasteiger partial charge is 0.220 e. The number of phenols is 1. The molecule has 138 valence electrons. The highest BCUT2D eigenvalue weighted by Crippen LogP contribution is 2.29. The lowest BCUT2D eigenvalue weighted by Crippen LogP contribution is -2.28. The zero-order chi connectivity index (χ0) is 18.9. The van der Waals surface area contributed by atoms with Gasteiger partial charge in [-0.15, -0.1) is 0 Å². The van der Waals surface area contributed by atoms with Crippen molar-refractivity contribution in [2.24, 2.45) is 0 Å². The van der Waals surface area contributed by atoms with Crippen molar-refractivity contribution in [2.75, 3.05) is 13.2 Å². The highest BCUT2D eigenvalue weighted by molar-refractivity contribution is 5.76. The second-order valence-corrected chi connectivity index (χ2v) is 6.19. The minimum absolute atomic E-state index is 0.0572. The first-order chi connectivity index (χ1) is 13.2. The summed E-state index contributed by atoms with van der Waals surface area (Å²) in [7, 11) is 0. The van der Waals surface area contributed by atoms with E-state index >= 15 is 0 Å². The lowest BCUT2D eigenvalue weighted by Gasteiger charge is -2.12. The molecule has 2 N–H and O–H groups in total. The number of rotatable bonds is 8. The molecular formula is C23H23NO3. The molecule has 0 atom stereocenters. The Bertz CT molecular complexity index is 878. The number of aryl methyl sites for hydroxylation is 1. The molecule has 0 saturated carbocycles. The highest BCUT2D eigenvalue weighted by atomic mass is 16.5. The van der Waals surface area contributed by atoms with E-state index in [9.17, 15) is 9.90 Å². The van der Waals surface area contributed by atoms with E-state index in [2.05, 4.69) is 5.32 Å². The fourth-order valence-corrected chi connectivity index (χ4v) is 2.86. The molecule has 0 spiro atoms. The van der Waals surface area contributed by atoms with Gasteiger partial charge in [0, 0.05) is 12.0 Å². The van der Waals surface area contributed by atoms with Crippen LogP contribution in [0.2, 0.25) is 0 Å². The molecule has 0 aliphatic rings. The molecule has 0 radical (unpaired) electrons. The topological polar surface area (TPSA) is 58.6 Å². The first-order valence-corrected chi connectivity index (χ1v) is 9.05. The fourth-order valence-electron chi connectivity index (χ4n) is 2.86. The summed E-state index contributed by atoms with van der Waals surface area (Å²) in [6, 6.07) is 25.0. The Labute approximate surface area is 159 Å². The minimum atomic E-state index is -0.0572. The van der Waals surface area contributed by atoms with Gasteiger partial charge in [0.1, 0.15) is 18.1 Å². The molecule has 4 heteroatoms. The number of hydrogen-bond acceptors (Lipinski definition) is 3. The van der Waals surface area contributed by atoms with Crippen LogP contribution >= 0.6 is 0 Å². The van der Waals surface area contributed by atoms with Gasteiger partial charge in [-0.1, -0.05) is 66.7 Å². The first kappa shape index (κ1) is 18.5. The number of carbonyl (C=O) groups is 1. The van der Waals surface area contributed by atoms with E-state index in [0.717, 1.165) is 22.4 Å². The average molecular weight is 361 g/mol. The Morgan fingerprint density at radius 3 is 2.41 bits per heavy atom. The zero-order valence-electron chi connectivity index (χ0n) is 15.1. The van der Waals surface area contributed by atoms with Crippen molar-refractivity contribution < 1.29 is 14.6 Å². The average Bonchev–Trinajstić information content (AvgIpc) is 2.71. The van der Waals surface area contributed by atoms with Crippen LogP contribution in [0.4, 0.5) is 0 Å². The summed E-state index contributed by atoms with van der Waals surface area (Å²) in [4.78, 5) is 12.0. The Morgan fingerprint density at radius 1 is 0.889 bits per heavy atom. The van der Waals surface area contributed by atoms with Crippen molar-refractivity contribution in [3.63, 3.8) is 0 Å². The summed E-state index contributed by atoms with van der Waals surface area (Å²) in [5.74, 6) is 0.969. The quantitative estimate of drug-likeness (QED) is 0.592. The maximum Gasteiger partial charge on any atom is 0.220 e. The van der Waals surface area contributed by atoms with Gasteiger partial charge in [-0.25, -0.2) is 0 Å². The van der Waals surface area contributed by atoms with Crippen LogP contribution in [0.15, 0.2) is 78.9 Å². The highest BCUT2D eigenvalue weighted by Gasteiger charge is 2.07. The molecule has 0 aromatic heterocycles. The summed E-state index contributed by atoms with van der Waals surface area (Å²) in [5.41, 5.74) is 2.91. The Morgan fingerprint density at radius 2 is 1.59 bits per heavy atom. The minimum Gasteiger partial charge on any atom is -0.508 e. The lowest BCUT2D eigenvalue weighted by atomic mass is 10.1. The molecule has 0 heterocycles. The molecule has 4 nitrogen and oxygen atoms in total. The van der Waals surface area contributed by atoms with E-state index in [0.29, 0.717) is 26.0 Å². The Kier molecular flexibility index (Phi) is 6.47. The second kappa shape index (κ2) is 9.43. The summed E-state index contributed by atoms with van der Waals surface area (Å²) >= 11 is 0. The van der Waals surface area contributed by atoms with Crippen LogP contribution in [0.25, 0.3) is 11.1 Å². The fraction of sp³-hybridized carbons (Fsp3) is 0.174. The lowest BCUT2D eigenvalue weighted by molar-refractivity contribution is -0.121. The van der Waals surface area contributed by atoms with Gasteiger partial charge in [-0.05, 0) is 29.7 Å². The Balaban J connectivity index is 1.45. The van der Waals surface area contributed by atoms with E-state index in [1.165, 1.54) is 0 Å². The summed E-state index contributed by atoms with van der Waals surface area (Å²) < 4.78 is 5.87. The molecule has 0 aliphatic carbocycles. The van der Waals surface area contributed by atoms with E-state index in [4.69, 9.17) is 4.74 Å². The third-order valence-electron chi connectivity index (χ3n) is 4.27. The number of amides is 1. The van der Waals surface area contributed by atoms with Gasteiger partial charge in [0.15, 0.2) is 0 Å². The standard InChI is InChI=1S/C23H23NO3/c25-21-12-6-4-10-19(21)14-15-23(26)24-16-17-27-22-13-7-5-11-20(22)18-8-2-1-3-9-18/h1-13,25H,14-17H2,(H,24,26). The van der Waals surface area contributed by atoms with Gasteiger partial charge in [0.25, 0.3) is 0 Å². The van der Waals surface area contributed by atoms with E-state index in [-0.39, 0.29) is 11.7 Å². The van der Waals surface area contributed by atoms with Gasteiger partial charge in [0.05, 0.1) is 6.54 Å². The molecule has 0 aliphatic heterocycles. The number of aromatic hydroxyl groups is 1. The summed E-state index contributed by atoms with van der Waals surface area (Å²) in [6.45, 7) is 0.828. The molecule has 3 aromatic carbocycles. The van der Waals surface area contributed by atoms with Crippen molar-refractivity contribution in [1.29, 1.82) is 0 Å². The number of para-hydroxylation sites is 2. The molecule has 0 bridgehead atoms. The van der Waals surface area contributed by atoms with Gasteiger partial charge >= 0.3 is 0 Å². The van der Waals surface area contributed by atoms with Gasteiger partial charge in [-0.2, -0.15) is 0 Å². The SMILES string of the molecule is O=C(CCc1ccccc1O)NCCOc1ccccc1-c1ccccc1. The normalized spacial score (nSPS) is 10.4. The largest absolute Gasteiger partial charge is 0.508 e. The molecule has 3 rings (SSSR count). The summed E-state index contributed by atoms with van der Waals surface area (Å²) in [5, 5.41) is 12.6. The zero-order valence-corrected chi connectivity index (χ0v) is 15.1. The van der Waals surface area contributed by atoms with Crippen molar-refractivity contribution in [1.82, 2.24) is 5.32 Å². The van der Waals surface area contributed by atoms with Crippen LogP contribution in [-0.2, 0) is 11.2 Å². The van der Waals surface area contributed by atoms with Crippen LogP contribution < -0.4 is 10.1 Å². The molecule has 0 saturated heterocycles. The van der Waals surface area contributed by atoms with Gasteiger partial charge in [-0.3, -0.25) is 4.79 Å². The number of benzene rings is 3. The Hall–Kier alpha value is -3.27. The predicted octanol–water partition coefficient (Wildman–Crippen LogP) is 4.19. The second-order valence-electron chi connectivity index (χ2n) is 6.19. The maximum absolute atomic E-state index is 12.0. The van der Waals surface area contributed by atoms with Crippen molar-refractivity contribution in [2.45, 2.75) is 12.8 Å². The van der Waals surface area contributed by atoms with E-state index in [1.54, 1.807) is 12.1 Å². The summed E-state index contributed by atoms with van der Waals surface area (Å²) in [6.07, 6.45) is 0.842. The van der Waals surface area contributed by atoms with Gasteiger partial charge in [0.2, 0.25) is 5.91 Å². The molecule has 1 amide bonds. The molecule has 3 aromatic rings. The van der Waals surface area contributed by atoms with Crippen LogP contribution in [-0.4, -0.2) is 24.2 Å². The number of ether oxygens (including phenoxy) is 1. The molecule has 0 fully saturated rings. The number of hydrogen-bond donors (Lipinski definition) is 2. The number of nitrogens with one attached hydrogen (secondary N) is 1. The van der Waals surface area contributed by atoms with Crippen LogP contribution in [0.3, 0.4) is 0 Å². The van der Waals surface area contributed by atoms with Crippen molar-refractivity contribution >= 4 is 5.91 Å². The molecule has 27 heavy (non-hydrogen) atoms. The van der Waals surface area contributed by atoms with Crippen molar-refractivity contribution in [3.8, 4) is 22.6 Å². The van der Waals surface area contributed by atoms with E-state index in [1.807, 2.05) is 66.7 Å². The van der Waals surface area contributed by atoms with E-state index < -0.39 is 0 Å². The molecular weight excluding hydrogens is 338 g/mol. The number of carbonyl (C=O) groups excluding carboxylic acids is 1. The first-order valence-electron chi connectivity index (χ1n) is 9.05. The van der Waals surface area contributed by atoms with Gasteiger partial charge < -0.3 is 15.2 Å².